The number of unbranched alkanes of at least 4 members (excludes halogenated alkanes) is 10. The molecule has 0 bridgehead atoms. The van der Waals surface area contributed by atoms with Crippen LogP contribution in [0.4, 0.5) is 0 Å². The maximum absolute atomic E-state index is 11.7. The molecule has 0 fully saturated rings. The Balaban J connectivity index is 0.00000480. The Morgan fingerprint density at radius 3 is 1.84 bits per heavy atom. The van der Waals surface area contributed by atoms with E-state index in [0.717, 1.165) is 18.4 Å². The van der Waals surface area contributed by atoms with Crippen molar-refractivity contribution < 1.29 is 47.3 Å². The Labute approximate surface area is 210 Å². The maximum atomic E-state index is 11.7. The van der Waals surface area contributed by atoms with E-state index in [2.05, 4.69) is 6.92 Å². The molecule has 31 heavy (non-hydrogen) atoms. The van der Waals surface area contributed by atoms with Crippen molar-refractivity contribution in [2.75, 3.05) is 0 Å². The molecular weight excluding hydrogens is 419 g/mol. The first-order valence-corrected chi connectivity index (χ1v) is 12.7. The Kier molecular flexibility index (Phi) is 14.4. The zero-order chi connectivity index (χ0) is 21.7. The van der Waals surface area contributed by atoms with Crippen molar-refractivity contribution in [3.05, 3.63) is 54.1 Å². The van der Waals surface area contributed by atoms with E-state index in [4.69, 9.17) is 4.74 Å². The molecule has 2 aromatic rings. The molecular formula is C25H35NaO4S. The first-order chi connectivity index (χ1) is 14.5. The van der Waals surface area contributed by atoms with E-state index in [0.29, 0.717) is 12.2 Å². The van der Waals surface area contributed by atoms with Crippen LogP contribution in [0, 0.1) is 0 Å². The topological polar surface area (TPSA) is 66.4 Å². The summed E-state index contributed by atoms with van der Waals surface area (Å²) in [6, 6.07) is 13.8. The van der Waals surface area contributed by atoms with Crippen LogP contribution in [0.15, 0.2) is 53.4 Å². The molecule has 4 nitrogen and oxygen atoms in total. The molecule has 6 heteroatoms. The van der Waals surface area contributed by atoms with E-state index in [-0.39, 0.29) is 40.2 Å². The Hall–Kier alpha value is -0.850. The standard InChI is InChI=1S/C25H36O4S.Na/c1-2-3-4-5-6-7-8-9-10-11-13-17-22-18-16-21-24(30(26,27)28)25(22)29-23-19-14-12-15-20-23;/h12,14-16,18-21H,2-11,13,17H2,1H3,(H,26,27,28);/q;+1/p-1. The van der Waals surface area contributed by atoms with Crippen LogP contribution in [0.5, 0.6) is 11.5 Å². The summed E-state index contributed by atoms with van der Waals surface area (Å²) in [5.41, 5.74) is 0.770. The summed E-state index contributed by atoms with van der Waals surface area (Å²) in [7, 11) is -4.61. The van der Waals surface area contributed by atoms with Crippen LogP contribution in [0.3, 0.4) is 0 Å². The van der Waals surface area contributed by atoms with Gasteiger partial charge in [-0.2, -0.15) is 0 Å². The molecule has 0 N–H and O–H groups in total. The Morgan fingerprint density at radius 2 is 1.29 bits per heavy atom. The summed E-state index contributed by atoms with van der Waals surface area (Å²) >= 11 is 0. The third-order valence-corrected chi connectivity index (χ3v) is 6.20. The molecule has 0 radical (unpaired) electrons. The molecule has 0 heterocycles. The van der Waals surface area contributed by atoms with E-state index in [1.807, 2.05) is 24.3 Å². The van der Waals surface area contributed by atoms with Gasteiger partial charge in [0.1, 0.15) is 21.6 Å². The van der Waals surface area contributed by atoms with Gasteiger partial charge in [0, 0.05) is 0 Å². The molecule has 0 aliphatic rings. The molecule has 2 aromatic carbocycles. The number of hydrogen-bond donors (Lipinski definition) is 0. The number of hydrogen-bond acceptors (Lipinski definition) is 4. The van der Waals surface area contributed by atoms with Crippen molar-refractivity contribution in [1.29, 1.82) is 0 Å². The van der Waals surface area contributed by atoms with Gasteiger partial charge in [-0.05, 0) is 36.6 Å². The molecule has 2 rings (SSSR count). The zero-order valence-electron chi connectivity index (χ0n) is 19.1. The second-order valence-corrected chi connectivity index (χ2v) is 9.25. The molecule has 0 aromatic heterocycles. The smallest absolute Gasteiger partial charge is 0.744 e. The quantitative estimate of drug-likeness (QED) is 0.229. The normalized spacial score (nSPS) is 11.2. The van der Waals surface area contributed by atoms with Gasteiger partial charge in [0.2, 0.25) is 0 Å². The molecule has 0 saturated heterocycles. The fraction of sp³-hybridized carbons (Fsp3) is 0.520. The van der Waals surface area contributed by atoms with Crippen LogP contribution in [0.2, 0.25) is 0 Å². The number of rotatable bonds is 15. The SMILES string of the molecule is CCCCCCCCCCCCCc1cccc(S(=O)(=O)[O-])c1Oc1ccccc1.[Na+]. The zero-order valence-corrected chi connectivity index (χ0v) is 22.0. The van der Waals surface area contributed by atoms with Gasteiger partial charge in [-0.25, -0.2) is 8.42 Å². The molecule has 0 saturated carbocycles. The van der Waals surface area contributed by atoms with Gasteiger partial charge in [0.25, 0.3) is 0 Å². The molecule has 0 aliphatic heterocycles. The van der Waals surface area contributed by atoms with Crippen molar-refractivity contribution in [3.8, 4) is 11.5 Å². The Bertz CT molecular complexity index is 838. The molecule has 0 amide bonds. The fourth-order valence-electron chi connectivity index (χ4n) is 3.66. The van der Waals surface area contributed by atoms with Gasteiger partial charge < -0.3 is 9.29 Å². The minimum atomic E-state index is -4.61. The minimum Gasteiger partial charge on any atom is -0.744 e. The van der Waals surface area contributed by atoms with Crippen LogP contribution in [0.1, 0.15) is 83.1 Å². The van der Waals surface area contributed by atoms with Crippen LogP contribution in [-0.2, 0) is 16.5 Å². The van der Waals surface area contributed by atoms with Crippen molar-refractivity contribution >= 4 is 10.1 Å². The maximum Gasteiger partial charge on any atom is 1.00 e. The monoisotopic (exact) mass is 454 g/mol. The number of para-hydroxylation sites is 2. The van der Waals surface area contributed by atoms with Gasteiger partial charge in [0.15, 0.2) is 0 Å². The third kappa shape index (κ3) is 11.0. The summed E-state index contributed by atoms with van der Waals surface area (Å²) in [5, 5.41) is 0. The van der Waals surface area contributed by atoms with Crippen LogP contribution < -0.4 is 34.3 Å². The van der Waals surface area contributed by atoms with Crippen molar-refractivity contribution in [2.45, 2.75) is 88.9 Å². The third-order valence-electron chi connectivity index (χ3n) is 5.34. The van der Waals surface area contributed by atoms with Gasteiger partial charge in [-0.15, -0.1) is 0 Å². The predicted molar refractivity (Wildman–Crippen MR) is 121 cm³/mol. The molecule has 166 valence electrons. The van der Waals surface area contributed by atoms with Crippen LogP contribution in [0.25, 0.3) is 0 Å². The summed E-state index contributed by atoms with van der Waals surface area (Å²) < 4.78 is 41.0. The van der Waals surface area contributed by atoms with Crippen LogP contribution >= 0.6 is 0 Å². The number of ether oxygens (including phenoxy) is 1. The number of aryl methyl sites for hydroxylation is 1. The summed E-state index contributed by atoms with van der Waals surface area (Å²) in [5.74, 6) is 0.694. The average Bonchev–Trinajstić information content (AvgIpc) is 2.73. The van der Waals surface area contributed by atoms with Crippen molar-refractivity contribution in [2.24, 2.45) is 0 Å². The van der Waals surface area contributed by atoms with E-state index >= 15 is 0 Å². The number of benzene rings is 2. The van der Waals surface area contributed by atoms with Gasteiger partial charge in [0.05, 0.1) is 4.90 Å². The van der Waals surface area contributed by atoms with E-state index < -0.39 is 10.1 Å². The van der Waals surface area contributed by atoms with Crippen molar-refractivity contribution in [3.63, 3.8) is 0 Å². The summed E-state index contributed by atoms with van der Waals surface area (Å²) in [6.07, 6.45) is 14.5. The molecule has 0 aliphatic carbocycles. The summed E-state index contributed by atoms with van der Waals surface area (Å²) in [4.78, 5) is -0.285. The van der Waals surface area contributed by atoms with Gasteiger partial charge in [-0.3, -0.25) is 0 Å². The fourth-order valence-corrected chi connectivity index (χ4v) is 4.30. The van der Waals surface area contributed by atoms with E-state index in [1.54, 1.807) is 18.2 Å². The molecule has 0 spiro atoms. The first kappa shape index (κ1) is 28.2. The summed E-state index contributed by atoms with van der Waals surface area (Å²) in [6.45, 7) is 2.24. The van der Waals surface area contributed by atoms with E-state index in [9.17, 15) is 13.0 Å². The van der Waals surface area contributed by atoms with E-state index in [1.165, 1.54) is 63.9 Å². The first-order valence-electron chi connectivity index (χ1n) is 11.3. The van der Waals surface area contributed by atoms with Crippen LogP contribution in [-0.4, -0.2) is 13.0 Å². The predicted octanol–water partition coefficient (Wildman–Crippen LogP) is 4.24. The Morgan fingerprint density at radius 1 is 0.742 bits per heavy atom. The largest absolute Gasteiger partial charge is 1.00 e. The molecule has 0 unspecified atom stereocenters. The second-order valence-electron chi connectivity index (χ2n) is 7.90. The van der Waals surface area contributed by atoms with Crippen molar-refractivity contribution in [1.82, 2.24) is 0 Å². The van der Waals surface area contributed by atoms with Gasteiger partial charge >= 0.3 is 29.6 Å². The molecule has 0 atom stereocenters. The second kappa shape index (κ2) is 15.9. The van der Waals surface area contributed by atoms with Gasteiger partial charge in [-0.1, -0.05) is 101 Å². The average molecular weight is 455 g/mol. The minimum absolute atomic E-state index is 0.